The van der Waals surface area contributed by atoms with Gasteiger partial charge < -0.3 is 5.43 Å². The summed E-state index contributed by atoms with van der Waals surface area (Å²) in [5, 5.41) is 0. The third kappa shape index (κ3) is 1.94. The lowest BCUT2D eigenvalue weighted by Gasteiger charge is -2.17. The average molecular weight is 275 g/mol. The van der Waals surface area contributed by atoms with Gasteiger partial charge in [0.05, 0.1) is 16.3 Å². The highest BCUT2D eigenvalue weighted by Gasteiger charge is 2.30. The van der Waals surface area contributed by atoms with Crippen molar-refractivity contribution in [3.05, 3.63) is 54.1 Å². The van der Waals surface area contributed by atoms with Crippen LogP contribution in [0.1, 0.15) is 5.56 Å². The molecule has 0 aromatic heterocycles. The number of rotatable bonds is 2. The zero-order valence-corrected chi connectivity index (χ0v) is 11.1. The van der Waals surface area contributed by atoms with E-state index in [9.17, 15) is 8.42 Å². The Morgan fingerprint density at radius 2 is 1.79 bits per heavy atom. The fourth-order valence-corrected chi connectivity index (χ4v) is 3.28. The Kier molecular flexibility index (Phi) is 2.69. The minimum atomic E-state index is -3.61. The fourth-order valence-electron chi connectivity index (χ4n) is 1.99. The molecule has 0 unspecified atom stereocenters. The zero-order chi connectivity index (χ0) is 13.5. The number of aryl methyl sites for hydroxylation is 1. The largest absolute Gasteiger partial charge is 0.301 e. The van der Waals surface area contributed by atoms with Gasteiger partial charge in [-0.1, -0.05) is 24.3 Å². The molecular formula is C13H13N3O2S. The van der Waals surface area contributed by atoms with Crippen LogP contribution in [0.25, 0.3) is 0 Å². The molecule has 98 valence electrons. The lowest BCUT2D eigenvalue weighted by Crippen LogP contribution is -2.41. The quantitative estimate of drug-likeness (QED) is 0.880. The monoisotopic (exact) mass is 275 g/mol. The van der Waals surface area contributed by atoms with Gasteiger partial charge in [-0.2, -0.15) is 12.8 Å². The summed E-state index contributed by atoms with van der Waals surface area (Å²) in [7, 11) is -3.61. The van der Waals surface area contributed by atoms with Crippen LogP contribution in [0.4, 0.5) is 11.4 Å². The van der Waals surface area contributed by atoms with E-state index in [1.165, 1.54) is 0 Å². The van der Waals surface area contributed by atoms with Crippen LogP contribution < -0.4 is 15.4 Å². The number of fused-ring (bicyclic) bond motifs is 1. The third-order valence-electron chi connectivity index (χ3n) is 2.94. The van der Waals surface area contributed by atoms with Crippen molar-refractivity contribution in [3.8, 4) is 0 Å². The Bertz CT molecular complexity index is 714. The van der Waals surface area contributed by atoms with Gasteiger partial charge in [0.15, 0.2) is 0 Å². The maximum atomic E-state index is 12.5. The Morgan fingerprint density at radius 1 is 1.05 bits per heavy atom. The summed E-state index contributed by atoms with van der Waals surface area (Å²) in [6.45, 7) is 1.95. The van der Waals surface area contributed by atoms with Crippen LogP contribution in [0.3, 0.4) is 0 Å². The summed E-state index contributed by atoms with van der Waals surface area (Å²) >= 11 is 0. The van der Waals surface area contributed by atoms with Crippen LogP contribution in [0.15, 0.2) is 53.4 Å². The topological polar surface area (TPSA) is 61.4 Å². The third-order valence-corrected chi connectivity index (χ3v) is 4.58. The van der Waals surface area contributed by atoms with Gasteiger partial charge in [-0.25, -0.2) is 0 Å². The predicted octanol–water partition coefficient (Wildman–Crippen LogP) is 2.04. The number of hydrogen-bond donors (Lipinski definition) is 2. The molecule has 1 heterocycles. The van der Waals surface area contributed by atoms with Crippen molar-refractivity contribution < 1.29 is 8.42 Å². The number of benzene rings is 2. The molecule has 0 saturated heterocycles. The van der Waals surface area contributed by atoms with E-state index >= 15 is 0 Å². The first-order valence-electron chi connectivity index (χ1n) is 5.82. The van der Waals surface area contributed by atoms with Gasteiger partial charge >= 0.3 is 0 Å². The second-order valence-electron chi connectivity index (χ2n) is 4.34. The minimum Gasteiger partial charge on any atom is -0.301 e. The van der Waals surface area contributed by atoms with Crippen LogP contribution in [-0.4, -0.2) is 8.42 Å². The molecule has 1 aliphatic rings. The van der Waals surface area contributed by atoms with Crippen molar-refractivity contribution in [1.29, 1.82) is 0 Å². The van der Waals surface area contributed by atoms with E-state index in [0.717, 1.165) is 15.7 Å². The summed E-state index contributed by atoms with van der Waals surface area (Å²) in [4.78, 5) is 0.248. The lowest BCUT2D eigenvalue weighted by atomic mass is 10.2. The summed E-state index contributed by atoms with van der Waals surface area (Å²) in [5.41, 5.74) is 7.95. The second kappa shape index (κ2) is 4.25. The highest BCUT2D eigenvalue weighted by atomic mass is 32.2. The van der Waals surface area contributed by atoms with Crippen LogP contribution in [0.2, 0.25) is 0 Å². The molecule has 0 radical (unpaired) electrons. The van der Waals surface area contributed by atoms with Crippen molar-refractivity contribution in [2.45, 2.75) is 11.8 Å². The highest BCUT2D eigenvalue weighted by molar-refractivity contribution is 7.92. The van der Waals surface area contributed by atoms with Gasteiger partial charge in [0.25, 0.3) is 10.0 Å². The van der Waals surface area contributed by atoms with E-state index in [0.29, 0.717) is 5.69 Å². The first-order valence-corrected chi connectivity index (χ1v) is 7.26. The highest BCUT2D eigenvalue weighted by Crippen LogP contribution is 2.33. The molecule has 19 heavy (non-hydrogen) atoms. The first kappa shape index (κ1) is 12.0. The van der Waals surface area contributed by atoms with E-state index in [1.807, 2.05) is 19.1 Å². The van der Waals surface area contributed by atoms with E-state index in [2.05, 4.69) is 11.0 Å². The lowest BCUT2D eigenvalue weighted by molar-refractivity contribution is 0.586. The molecule has 0 bridgehead atoms. The van der Waals surface area contributed by atoms with Crippen molar-refractivity contribution in [2.24, 2.45) is 0 Å². The Labute approximate surface area is 111 Å². The molecule has 0 fully saturated rings. The fraction of sp³-hybridized carbons (Fsp3) is 0.0769. The maximum Gasteiger partial charge on any atom is 0.279 e. The number of hydrazine groups is 2. The predicted molar refractivity (Wildman–Crippen MR) is 74.0 cm³/mol. The molecule has 0 amide bonds. The standard InChI is InChI=1S/C13H13N3O2S/c1-10-7-8-13-12(9-10)14-15-16(13)19(17,18)11-5-3-2-4-6-11/h2-9,14-15H,1H3. The zero-order valence-electron chi connectivity index (χ0n) is 10.3. The molecule has 0 saturated carbocycles. The maximum absolute atomic E-state index is 12.5. The molecule has 1 aliphatic heterocycles. The van der Waals surface area contributed by atoms with Crippen LogP contribution in [-0.2, 0) is 10.0 Å². The molecule has 0 spiro atoms. The number of sulfonamides is 1. The van der Waals surface area contributed by atoms with E-state index in [4.69, 9.17) is 0 Å². The van der Waals surface area contributed by atoms with Gasteiger partial charge in [0.1, 0.15) is 0 Å². The van der Waals surface area contributed by atoms with Gasteiger partial charge in [-0.05, 0) is 36.8 Å². The van der Waals surface area contributed by atoms with Gasteiger partial charge in [-0.15, -0.1) is 5.53 Å². The number of anilines is 2. The van der Waals surface area contributed by atoms with E-state index in [1.54, 1.807) is 36.4 Å². The molecular weight excluding hydrogens is 262 g/mol. The molecule has 2 N–H and O–H groups in total. The van der Waals surface area contributed by atoms with Gasteiger partial charge in [-0.3, -0.25) is 0 Å². The van der Waals surface area contributed by atoms with Crippen molar-refractivity contribution >= 4 is 21.4 Å². The van der Waals surface area contributed by atoms with E-state index < -0.39 is 10.0 Å². The van der Waals surface area contributed by atoms with Crippen LogP contribution in [0.5, 0.6) is 0 Å². The molecule has 3 rings (SSSR count). The van der Waals surface area contributed by atoms with E-state index in [-0.39, 0.29) is 4.90 Å². The summed E-state index contributed by atoms with van der Waals surface area (Å²) in [5.74, 6) is 0. The number of nitrogens with zero attached hydrogens (tertiary/aromatic N) is 1. The smallest absolute Gasteiger partial charge is 0.279 e. The van der Waals surface area contributed by atoms with Crippen molar-refractivity contribution in [1.82, 2.24) is 5.53 Å². The average Bonchev–Trinajstić information content (AvgIpc) is 2.83. The Balaban J connectivity index is 2.07. The van der Waals surface area contributed by atoms with Gasteiger partial charge in [0, 0.05) is 0 Å². The summed E-state index contributed by atoms with van der Waals surface area (Å²) in [6, 6.07) is 13.9. The molecule has 2 aromatic rings. The van der Waals surface area contributed by atoms with Crippen molar-refractivity contribution in [3.63, 3.8) is 0 Å². The SMILES string of the molecule is Cc1ccc2c(c1)NNN2S(=O)(=O)c1ccccc1. The molecule has 6 heteroatoms. The summed E-state index contributed by atoms with van der Waals surface area (Å²) in [6.07, 6.45) is 0. The van der Waals surface area contributed by atoms with Crippen LogP contribution >= 0.6 is 0 Å². The first-order chi connectivity index (χ1) is 9.09. The van der Waals surface area contributed by atoms with Crippen LogP contribution in [0, 0.1) is 6.92 Å². The number of hydrogen-bond acceptors (Lipinski definition) is 4. The molecule has 2 aromatic carbocycles. The molecule has 5 nitrogen and oxygen atoms in total. The number of nitrogens with one attached hydrogen (secondary N) is 2. The minimum absolute atomic E-state index is 0.248. The normalized spacial score (nSPS) is 14.1. The summed E-state index contributed by atoms with van der Waals surface area (Å²) < 4.78 is 26.2. The Morgan fingerprint density at radius 3 is 2.53 bits per heavy atom. The molecule has 0 atom stereocenters. The Hall–Kier alpha value is -2.05. The molecule has 0 aliphatic carbocycles. The second-order valence-corrected chi connectivity index (χ2v) is 6.13. The van der Waals surface area contributed by atoms with Crippen molar-refractivity contribution in [2.75, 3.05) is 9.84 Å². The van der Waals surface area contributed by atoms with Gasteiger partial charge in [0.2, 0.25) is 0 Å².